The molecular weight excluding hydrogens is 202 g/mol. The second-order valence-electron chi connectivity index (χ2n) is 4.27. The molecular formula is C12H25N3O. The van der Waals surface area contributed by atoms with Crippen molar-refractivity contribution in [1.82, 2.24) is 10.6 Å². The predicted molar refractivity (Wildman–Crippen MR) is 67.8 cm³/mol. The lowest BCUT2D eigenvalue weighted by Gasteiger charge is -2.10. The van der Waals surface area contributed by atoms with E-state index >= 15 is 0 Å². The number of ether oxygens (including phenoxy) is 1. The first-order chi connectivity index (χ1) is 7.77. The molecule has 1 rings (SSSR count). The summed E-state index contributed by atoms with van der Waals surface area (Å²) in [5, 5.41) is 6.69. The Labute approximate surface area is 98.9 Å². The van der Waals surface area contributed by atoms with E-state index in [0.717, 1.165) is 44.6 Å². The summed E-state index contributed by atoms with van der Waals surface area (Å²) in [4.78, 5) is 4.51. The van der Waals surface area contributed by atoms with Crippen LogP contribution in [0.4, 0.5) is 0 Å². The molecule has 2 atom stereocenters. The third-order valence-electron chi connectivity index (χ3n) is 2.70. The van der Waals surface area contributed by atoms with E-state index in [0.29, 0.717) is 6.04 Å². The van der Waals surface area contributed by atoms with Crippen LogP contribution in [-0.2, 0) is 4.74 Å². The highest BCUT2D eigenvalue weighted by atomic mass is 16.5. The predicted octanol–water partition coefficient (Wildman–Crippen LogP) is 1.38. The topological polar surface area (TPSA) is 45.7 Å². The molecule has 0 aromatic carbocycles. The highest BCUT2D eigenvalue weighted by Crippen LogP contribution is 2.28. The first-order valence-corrected chi connectivity index (χ1v) is 6.40. The molecule has 0 aliphatic heterocycles. The maximum absolute atomic E-state index is 5.28. The summed E-state index contributed by atoms with van der Waals surface area (Å²) in [5.74, 6) is 1.75. The number of hydrogen-bond donors (Lipinski definition) is 2. The van der Waals surface area contributed by atoms with Gasteiger partial charge in [-0.25, -0.2) is 0 Å². The Bertz CT molecular complexity index is 218. The van der Waals surface area contributed by atoms with Crippen molar-refractivity contribution in [3.63, 3.8) is 0 Å². The van der Waals surface area contributed by atoms with Gasteiger partial charge in [0.05, 0.1) is 0 Å². The van der Waals surface area contributed by atoms with Gasteiger partial charge < -0.3 is 15.4 Å². The summed E-state index contributed by atoms with van der Waals surface area (Å²) in [6.45, 7) is 9.71. The average Bonchev–Trinajstić information content (AvgIpc) is 2.94. The lowest BCUT2D eigenvalue weighted by Crippen LogP contribution is -2.39. The van der Waals surface area contributed by atoms with Gasteiger partial charge in [-0.05, 0) is 32.6 Å². The van der Waals surface area contributed by atoms with E-state index in [1.165, 1.54) is 6.42 Å². The molecule has 0 aromatic heterocycles. The van der Waals surface area contributed by atoms with Crippen molar-refractivity contribution in [2.75, 3.05) is 26.3 Å². The number of guanidine groups is 1. The Kier molecular flexibility index (Phi) is 6.23. The molecule has 0 aromatic rings. The van der Waals surface area contributed by atoms with Gasteiger partial charge in [-0.1, -0.05) is 6.92 Å². The zero-order valence-electron chi connectivity index (χ0n) is 10.8. The van der Waals surface area contributed by atoms with Crippen LogP contribution in [0.5, 0.6) is 0 Å². The fraction of sp³-hybridized carbons (Fsp3) is 0.917. The van der Waals surface area contributed by atoms with E-state index in [1.54, 1.807) is 0 Å². The SMILES string of the molecule is CCNC(=NCCCOCC)NC1CC1C. The second kappa shape index (κ2) is 7.49. The van der Waals surface area contributed by atoms with E-state index in [2.05, 4.69) is 29.5 Å². The van der Waals surface area contributed by atoms with E-state index in [-0.39, 0.29) is 0 Å². The zero-order valence-corrected chi connectivity index (χ0v) is 10.8. The Balaban J connectivity index is 2.17. The van der Waals surface area contributed by atoms with Gasteiger partial charge in [0.15, 0.2) is 5.96 Å². The van der Waals surface area contributed by atoms with Gasteiger partial charge >= 0.3 is 0 Å². The largest absolute Gasteiger partial charge is 0.382 e. The maximum atomic E-state index is 5.28. The highest BCUT2D eigenvalue weighted by molar-refractivity contribution is 5.80. The summed E-state index contributed by atoms with van der Waals surface area (Å²) < 4.78 is 5.28. The smallest absolute Gasteiger partial charge is 0.191 e. The Morgan fingerprint density at radius 1 is 1.44 bits per heavy atom. The van der Waals surface area contributed by atoms with Crippen LogP contribution in [-0.4, -0.2) is 38.3 Å². The number of nitrogens with zero attached hydrogens (tertiary/aromatic N) is 1. The first-order valence-electron chi connectivity index (χ1n) is 6.40. The molecule has 0 radical (unpaired) electrons. The summed E-state index contributed by atoms with van der Waals surface area (Å²) in [5.41, 5.74) is 0. The molecule has 1 aliphatic carbocycles. The minimum Gasteiger partial charge on any atom is -0.382 e. The molecule has 1 fully saturated rings. The van der Waals surface area contributed by atoms with Gasteiger partial charge in [-0.2, -0.15) is 0 Å². The van der Waals surface area contributed by atoms with E-state index < -0.39 is 0 Å². The molecule has 16 heavy (non-hydrogen) atoms. The molecule has 1 saturated carbocycles. The van der Waals surface area contributed by atoms with Crippen LogP contribution in [0, 0.1) is 5.92 Å². The van der Waals surface area contributed by atoms with E-state index in [4.69, 9.17) is 4.74 Å². The van der Waals surface area contributed by atoms with Crippen LogP contribution in [0.1, 0.15) is 33.6 Å². The quantitative estimate of drug-likeness (QED) is 0.392. The van der Waals surface area contributed by atoms with Crippen LogP contribution < -0.4 is 10.6 Å². The third kappa shape index (κ3) is 5.35. The molecule has 0 heterocycles. The van der Waals surface area contributed by atoms with Crippen molar-refractivity contribution in [1.29, 1.82) is 0 Å². The van der Waals surface area contributed by atoms with Crippen LogP contribution in [0.2, 0.25) is 0 Å². The zero-order chi connectivity index (χ0) is 11.8. The van der Waals surface area contributed by atoms with Crippen molar-refractivity contribution in [2.24, 2.45) is 10.9 Å². The maximum Gasteiger partial charge on any atom is 0.191 e. The molecule has 2 N–H and O–H groups in total. The van der Waals surface area contributed by atoms with Crippen molar-refractivity contribution in [2.45, 2.75) is 39.7 Å². The summed E-state index contributed by atoms with van der Waals surface area (Å²) >= 11 is 0. The molecule has 94 valence electrons. The average molecular weight is 227 g/mol. The van der Waals surface area contributed by atoms with E-state index in [9.17, 15) is 0 Å². The van der Waals surface area contributed by atoms with Gasteiger partial charge in [0.2, 0.25) is 0 Å². The van der Waals surface area contributed by atoms with Crippen LogP contribution in [0.3, 0.4) is 0 Å². The number of aliphatic imine (C=N–C) groups is 1. The molecule has 2 unspecified atom stereocenters. The molecule has 4 nitrogen and oxygen atoms in total. The number of hydrogen-bond acceptors (Lipinski definition) is 2. The minimum absolute atomic E-state index is 0.629. The van der Waals surface area contributed by atoms with Crippen LogP contribution in [0.25, 0.3) is 0 Å². The Morgan fingerprint density at radius 3 is 2.75 bits per heavy atom. The standard InChI is InChI=1S/C12H25N3O/c1-4-13-12(15-11-9-10(11)3)14-7-6-8-16-5-2/h10-11H,4-9H2,1-3H3,(H2,13,14,15). The van der Waals surface area contributed by atoms with Gasteiger partial charge in [0.1, 0.15) is 0 Å². The highest BCUT2D eigenvalue weighted by Gasteiger charge is 2.33. The van der Waals surface area contributed by atoms with Gasteiger partial charge in [0.25, 0.3) is 0 Å². The van der Waals surface area contributed by atoms with Crippen molar-refractivity contribution >= 4 is 5.96 Å². The van der Waals surface area contributed by atoms with Crippen molar-refractivity contribution < 1.29 is 4.74 Å². The molecule has 0 saturated heterocycles. The van der Waals surface area contributed by atoms with Gasteiger partial charge in [0, 0.05) is 32.3 Å². The minimum atomic E-state index is 0.629. The number of rotatable bonds is 7. The van der Waals surface area contributed by atoms with Crippen LogP contribution in [0.15, 0.2) is 4.99 Å². The van der Waals surface area contributed by atoms with Gasteiger partial charge in [-0.15, -0.1) is 0 Å². The van der Waals surface area contributed by atoms with Crippen LogP contribution >= 0.6 is 0 Å². The summed E-state index contributed by atoms with van der Waals surface area (Å²) in [6.07, 6.45) is 2.26. The lowest BCUT2D eigenvalue weighted by atomic mass is 10.4. The molecule has 0 amide bonds. The number of nitrogens with one attached hydrogen (secondary N) is 2. The normalized spacial score (nSPS) is 24.3. The third-order valence-corrected chi connectivity index (χ3v) is 2.70. The summed E-state index contributed by atoms with van der Waals surface area (Å²) in [6, 6.07) is 0.629. The monoisotopic (exact) mass is 227 g/mol. The molecule has 4 heteroatoms. The van der Waals surface area contributed by atoms with Gasteiger partial charge in [-0.3, -0.25) is 4.99 Å². The first kappa shape index (κ1) is 13.3. The van der Waals surface area contributed by atoms with Crippen molar-refractivity contribution in [3.05, 3.63) is 0 Å². The molecule has 1 aliphatic rings. The van der Waals surface area contributed by atoms with E-state index in [1.807, 2.05) is 6.92 Å². The molecule has 0 spiro atoms. The van der Waals surface area contributed by atoms with Crippen molar-refractivity contribution in [3.8, 4) is 0 Å². The second-order valence-corrected chi connectivity index (χ2v) is 4.27. The molecule has 0 bridgehead atoms. The Morgan fingerprint density at radius 2 is 2.19 bits per heavy atom. The fourth-order valence-electron chi connectivity index (χ4n) is 1.52. The fourth-order valence-corrected chi connectivity index (χ4v) is 1.52. The summed E-state index contributed by atoms with van der Waals surface area (Å²) in [7, 11) is 0. The lowest BCUT2D eigenvalue weighted by molar-refractivity contribution is 0.146. The Hall–Kier alpha value is -0.770.